The second kappa shape index (κ2) is 7.51. The van der Waals surface area contributed by atoms with E-state index in [0.717, 1.165) is 11.3 Å². The van der Waals surface area contributed by atoms with Gasteiger partial charge in [0.05, 0.1) is 19.2 Å². The van der Waals surface area contributed by atoms with Crippen LogP contribution in [0.15, 0.2) is 18.3 Å². The van der Waals surface area contributed by atoms with Crippen LogP contribution in [0.4, 0.5) is 0 Å². The van der Waals surface area contributed by atoms with Crippen molar-refractivity contribution in [3.63, 3.8) is 0 Å². The molecule has 0 aromatic carbocycles. The van der Waals surface area contributed by atoms with Crippen LogP contribution in [-0.2, 0) is 20.7 Å². The van der Waals surface area contributed by atoms with Gasteiger partial charge in [0.15, 0.2) is 0 Å². The molecule has 0 saturated carbocycles. The Morgan fingerprint density at radius 1 is 1.42 bits per heavy atom. The Hall–Kier alpha value is -1.91. The lowest BCUT2D eigenvalue weighted by molar-refractivity contribution is -0.141. The minimum absolute atomic E-state index is 0.00617. The van der Waals surface area contributed by atoms with Crippen molar-refractivity contribution >= 4 is 11.9 Å². The normalized spacial score (nSPS) is 10.1. The summed E-state index contributed by atoms with van der Waals surface area (Å²) in [5.74, 6) is -0.243. The average Bonchev–Trinajstić information content (AvgIpc) is 2.40. The highest BCUT2D eigenvalue weighted by Crippen LogP contribution is 2.06. The number of carbonyl (C=O) groups excluding carboxylic acids is 2. The van der Waals surface area contributed by atoms with E-state index in [2.05, 4.69) is 9.72 Å². The number of likely N-dealkylation sites (N-methyl/N-ethyl adjacent to an activating group) is 1. The lowest BCUT2D eigenvalue weighted by Gasteiger charge is -2.17. The Labute approximate surface area is 113 Å². The molecule has 1 aromatic rings. The molecule has 0 aliphatic rings. The van der Waals surface area contributed by atoms with Crippen LogP contribution in [0.25, 0.3) is 0 Å². The second-order valence-corrected chi connectivity index (χ2v) is 4.44. The van der Waals surface area contributed by atoms with Gasteiger partial charge < -0.3 is 9.64 Å². The van der Waals surface area contributed by atoms with Gasteiger partial charge in [0, 0.05) is 26.2 Å². The zero-order valence-electron chi connectivity index (χ0n) is 11.7. The van der Waals surface area contributed by atoms with Gasteiger partial charge in [-0.1, -0.05) is 6.07 Å². The van der Waals surface area contributed by atoms with E-state index in [1.807, 2.05) is 19.1 Å². The topological polar surface area (TPSA) is 59.5 Å². The molecule has 0 atom stereocenters. The van der Waals surface area contributed by atoms with Gasteiger partial charge in [0.2, 0.25) is 5.91 Å². The van der Waals surface area contributed by atoms with Gasteiger partial charge in [-0.05, 0) is 25.0 Å². The van der Waals surface area contributed by atoms with Gasteiger partial charge in [-0.3, -0.25) is 14.6 Å². The van der Waals surface area contributed by atoms with Crippen molar-refractivity contribution in [3.05, 3.63) is 29.6 Å². The predicted molar refractivity (Wildman–Crippen MR) is 71.6 cm³/mol. The zero-order valence-corrected chi connectivity index (χ0v) is 11.7. The molecule has 19 heavy (non-hydrogen) atoms. The summed E-state index contributed by atoms with van der Waals surface area (Å²) in [6, 6.07) is 3.79. The number of hydrogen-bond donors (Lipinski definition) is 0. The summed E-state index contributed by atoms with van der Waals surface area (Å²) in [5, 5.41) is 0. The number of rotatable bonds is 6. The van der Waals surface area contributed by atoms with E-state index in [9.17, 15) is 9.59 Å². The quantitative estimate of drug-likeness (QED) is 0.728. The highest BCUT2D eigenvalue weighted by atomic mass is 16.5. The number of aryl methyl sites for hydroxylation is 1. The SMILES string of the molecule is COC(=O)CCCN(C)C(=O)Cc1ncccc1C. The maximum Gasteiger partial charge on any atom is 0.305 e. The Morgan fingerprint density at radius 2 is 2.16 bits per heavy atom. The zero-order chi connectivity index (χ0) is 14.3. The van der Waals surface area contributed by atoms with Gasteiger partial charge in [0.1, 0.15) is 0 Å². The maximum atomic E-state index is 12.0. The molecule has 0 radical (unpaired) electrons. The maximum absolute atomic E-state index is 12.0. The molecule has 5 heteroatoms. The van der Waals surface area contributed by atoms with Crippen molar-refractivity contribution in [1.82, 2.24) is 9.88 Å². The number of pyridine rings is 1. The highest BCUT2D eigenvalue weighted by molar-refractivity contribution is 5.78. The lowest BCUT2D eigenvalue weighted by atomic mass is 10.1. The second-order valence-electron chi connectivity index (χ2n) is 4.44. The van der Waals surface area contributed by atoms with E-state index >= 15 is 0 Å². The van der Waals surface area contributed by atoms with E-state index in [-0.39, 0.29) is 11.9 Å². The molecule has 104 valence electrons. The van der Waals surface area contributed by atoms with Gasteiger partial charge in [-0.15, -0.1) is 0 Å². The van der Waals surface area contributed by atoms with Crippen molar-refractivity contribution in [1.29, 1.82) is 0 Å². The van der Waals surface area contributed by atoms with Gasteiger partial charge in [0.25, 0.3) is 0 Å². The van der Waals surface area contributed by atoms with Crippen LogP contribution in [0.5, 0.6) is 0 Å². The summed E-state index contributed by atoms with van der Waals surface area (Å²) in [4.78, 5) is 28.8. The molecule has 0 unspecified atom stereocenters. The number of aromatic nitrogens is 1. The molecule has 0 aliphatic heterocycles. The molecule has 0 bridgehead atoms. The third-order valence-electron chi connectivity index (χ3n) is 2.96. The molecule has 5 nitrogen and oxygen atoms in total. The number of esters is 1. The number of nitrogens with zero attached hydrogens (tertiary/aromatic N) is 2. The summed E-state index contributed by atoms with van der Waals surface area (Å²) in [7, 11) is 3.10. The first kappa shape index (κ1) is 15.1. The first-order valence-electron chi connectivity index (χ1n) is 6.26. The van der Waals surface area contributed by atoms with Crippen LogP contribution >= 0.6 is 0 Å². The molecule has 1 rings (SSSR count). The third-order valence-corrected chi connectivity index (χ3v) is 2.96. The summed E-state index contributed by atoms with van der Waals surface area (Å²) in [5.41, 5.74) is 1.81. The number of hydrogen-bond acceptors (Lipinski definition) is 4. The van der Waals surface area contributed by atoms with E-state index in [0.29, 0.717) is 25.8 Å². The van der Waals surface area contributed by atoms with E-state index in [4.69, 9.17) is 0 Å². The molecular weight excluding hydrogens is 244 g/mol. The fourth-order valence-corrected chi connectivity index (χ4v) is 1.67. The Kier molecular flexibility index (Phi) is 5.99. The number of carbonyl (C=O) groups is 2. The Balaban J connectivity index is 2.41. The van der Waals surface area contributed by atoms with Crippen molar-refractivity contribution in [2.75, 3.05) is 20.7 Å². The summed E-state index contributed by atoms with van der Waals surface area (Å²) in [6.45, 7) is 2.48. The molecular formula is C14H20N2O3. The number of amides is 1. The van der Waals surface area contributed by atoms with E-state index in [1.54, 1.807) is 18.1 Å². The molecule has 1 aromatic heterocycles. The van der Waals surface area contributed by atoms with Crippen molar-refractivity contribution in [3.8, 4) is 0 Å². The van der Waals surface area contributed by atoms with E-state index < -0.39 is 0 Å². The van der Waals surface area contributed by atoms with Gasteiger partial charge in [-0.2, -0.15) is 0 Å². The molecule has 0 N–H and O–H groups in total. The summed E-state index contributed by atoms with van der Waals surface area (Å²) >= 11 is 0. The number of methoxy groups -OCH3 is 1. The van der Waals surface area contributed by atoms with Crippen LogP contribution in [-0.4, -0.2) is 42.5 Å². The molecule has 0 aliphatic carbocycles. The van der Waals surface area contributed by atoms with Gasteiger partial charge in [-0.25, -0.2) is 0 Å². The minimum atomic E-state index is -0.249. The standard InChI is InChI=1S/C14H20N2O3/c1-11-6-4-8-15-12(11)10-13(17)16(2)9-5-7-14(18)19-3/h4,6,8H,5,7,9-10H2,1-3H3. The van der Waals surface area contributed by atoms with E-state index in [1.165, 1.54) is 7.11 Å². The largest absolute Gasteiger partial charge is 0.469 e. The van der Waals surface area contributed by atoms with Crippen LogP contribution in [0.3, 0.4) is 0 Å². The molecule has 0 fully saturated rings. The molecule has 0 saturated heterocycles. The van der Waals surface area contributed by atoms with Crippen molar-refractivity contribution < 1.29 is 14.3 Å². The van der Waals surface area contributed by atoms with Crippen molar-refractivity contribution in [2.45, 2.75) is 26.2 Å². The van der Waals surface area contributed by atoms with Gasteiger partial charge >= 0.3 is 5.97 Å². The number of ether oxygens (including phenoxy) is 1. The first-order chi connectivity index (χ1) is 9.04. The van der Waals surface area contributed by atoms with Crippen LogP contribution in [0.2, 0.25) is 0 Å². The van der Waals surface area contributed by atoms with Crippen LogP contribution < -0.4 is 0 Å². The molecule has 1 amide bonds. The predicted octanol–water partition coefficient (Wildman–Crippen LogP) is 1.34. The third kappa shape index (κ3) is 5.07. The fourth-order valence-electron chi connectivity index (χ4n) is 1.67. The Morgan fingerprint density at radius 3 is 2.79 bits per heavy atom. The average molecular weight is 264 g/mol. The van der Waals surface area contributed by atoms with Crippen molar-refractivity contribution in [2.24, 2.45) is 0 Å². The Bertz CT molecular complexity index is 446. The minimum Gasteiger partial charge on any atom is -0.469 e. The smallest absolute Gasteiger partial charge is 0.305 e. The van der Waals surface area contributed by atoms with Crippen LogP contribution in [0, 0.1) is 6.92 Å². The fraction of sp³-hybridized carbons (Fsp3) is 0.500. The summed E-state index contributed by atoms with van der Waals surface area (Å²) < 4.78 is 4.55. The molecule has 0 spiro atoms. The first-order valence-corrected chi connectivity index (χ1v) is 6.26. The monoisotopic (exact) mass is 264 g/mol. The molecule has 1 heterocycles. The summed E-state index contributed by atoms with van der Waals surface area (Å²) in [6.07, 6.45) is 2.92. The van der Waals surface area contributed by atoms with Crippen LogP contribution in [0.1, 0.15) is 24.1 Å². The highest BCUT2D eigenvalue weighted by Gasteiger charge is 2.12. The lowest BCUT2D eigenvalue weighted by Crippen LogP contribution is -2.30.